The Morgan fingerprint density at radius 3 is 2.21 bits per heavy atom. The van der Waals surface area contributed by atoms with Gasteiger partial charge in [0.25, 0.3) is 0 Å². The van der Waals surface area contributed by atoms with Crippen molar-refractivity contribution in [1.82, 2.24) is 15.1 Å². The van der Waals surface area contributed by atoms with Crippen LogP contribution in [0, 0.1) is 5.92 Å². The molecule has 4 nitrogen and oxygen atoms in total. The van der Waals surface area contributed by atoms with Gasteiger partial charge in [-0.3, -0.25) is 4.90 Å². The molecule has 0 aromatic carbocycles. The summed E-state index contributed by atoms with van der Waals surface area (Å²) < 4.78 is 0. The van der Waals surface area contributed by atoms with E-state index in [0.29, 0.717) is 6.54 Å². The molecule has 0 bridgehead atoms. The molecule has 0 aromatic rings. The van der Waals surface area contributed by atoms with Crippen molar-refractivity contribution in [2.24, 2.45) is 5.92 Å². The fourth-order valence-corrected chi connectivity index (χ4v) is 2.61. The van der Waals surface area contributed by atoms with Crippen LogP contribution in [0.5, 0.6) is 0 Å². The van der Waals surface area contributed by atoms with Crippen LogP contribution in [0.1, 0.15) is 33.6 Å². The summed E-state index contributed by atoms with van der Waals surface area (Å²) in [4.78, 5) is 4.99. The van der Waals surface area contributed by atoms with E-state index in [1.807, 2.05) is 0 Å². The predicted octanol–water partition coefficient (Wildman–Crippen LogP) is 0.763. The van der Waals surface area contributed by atoms with Crippen LogP contribution in [0.4, 0.5) is 0 Å². The second-order valence-electron chi connectivity index (χ2n) is 7.33. The van der Waals surface area contributed by atoms with Gasteiger partial charge in [-0.1, -0.05) is 0 Å². The van der Waals surface area contributed by atoms with Crippen molar-refractivity contribution < 1.29 is 5.11 Å². The van der Waals surface area contributed by atoms with E-state index in [9.17, 15) is 5.11 Å². The average Bonchev–Trinajstić information content (AvgIpc) is 3.12. The molecule has 2 fully saturated rings. The molecule has 1 saturated carbocycles. The lowest BCUT2D eigenvalue weighted by atomic mass is 10.1. The summed E-state index contributed by atoms with van der Waals surface area (Å²) in [5.41, 5.74) is 0.0872. The number of β-amino-alcohol motifs (C(OH)–C–C–N with tert-alkyl or cyclic N) is 1. The number of hydrogen-bond donors (Lipinski definition) is 2. The molecule has 0 spiro atoms. The Labute approximate surface area is 118 Å². The molecule has 1 unspecified atom stereocenters. The molecule has 2 aliphatic rings. The molecule has 1 heterocycles. The smallest absolute Gasteiger partial charge is 0.0791 e. The van der Waals surface area contributed by atoms with Gasteiger partial charge in [0.05, 0.1) is 6.10 Å². The minimum atomic E-state index is -0.255. The highest BCUT2D eigenvalue weighted by molar-refractivity contribution is 4.82. The van der Waals surface area contributed by atoms with Crippen molar-refractivity contribution in [1.29, 1.82) is 0 Å². The van der Waals surface area contributed by atoms with Crippen LogP contribution in [0.3, 0.4) is 0 Å². The zero-order valence-corrected chi connectivity index (χ0v) is 12.9. The first-order valence-corrected chi connectivity index (χ1v) is 7.80. The monoisotopic (exact) mass is 269 g/mol. The zero-order valence-electron chi connectivity index (χ0n) is 12.9. The van der Waals surface area contributed by atoms with Gasteiger partial charge < -0.3 is 15.3 Å². The largest absolute Gasteiger partial charge is 0.390 e. The fraction of sp³-hybridized carbons (Fsp3) is 1.00. The van der Waals surface area contributed by atoms with E-state index in [1.54, 1.807) is 0 Å². The molecular weight excluding hydrogens is 238 g/mol. The first kappa shape index (κ1) is 15.2. The average molecular weight is 269 g/mol. The highest BCUT2D eigenvalue weighted by Gasteiger charge is 2.26. The van der Waals surface area contributed by atoms with E-state index in [-0.39, 0.29) is 11.6 Å². The van der Waals surface area contributed by atoms with Crippen LogP contribution >= 0.6 is 0 Å². The SMILES string of the molecule is CC(C)(C)NCC(O)CN1CCN(CC2CC2)CC1. The molecule has 1 saturated heterocycles. The summed E-state index contributed by atoms with van der Waals surface area (Å²) in [5.74, 6) is 0.994. The molecule has 0 aromatic heterocycles. The quantitative estimate of drug-likeness (QED) is 0.747. The molecule has 1 aliphatic carbocycles. The third kappa shape index (κ3) is 6.21. The number of aliphatic hydroxyl groups is 1. The van der Waals surface area contributed by atoms with Crippen LogP contribution < -0.4 is 5.32 Å². The van der Waals surface area contributed by atoms with Crippen molar-refractivity contribution in [3.05, 3.63) is 0 Å². The number of piperazine rings is 1. The molecule has 0 amide bonds. The van der Waals surface area contributed by atoms with Gasteiger partial charge >= 0.3 is 0 Å². The van der Waals surface area contributed by atoms with Gasteiger partial charge in [-0.05, 0) is 39.5 Å². The number of rotatable bonds is 6. The Morgan fingerprint density at radius 2 is 1.68 bits per heavy atom. The van der Waals surface area contributed by atoms with Crippen molar-refractivity contribution in [2.75, 3.05) is 45.8 Å². The maximum Gasteiger partial charge on any atom is 0.0791 e. The maximum absolute atomic E-state index is 10.1. The maximum atomic E-state index is 10.1. The van der Waals surface area contributed by atoms with Gasteiger partial charge in [-0.15, -0.1) is 0 Å². The second-order valence-corrected chi connectivity index (χ2v) is 7.33. The Morgan fingerprint density at radius 1 is 1.11 bits per heavy atom. The van der Waals surface area contributed by atoms with Crippen molar-refractivity contribution in [3.8, 4) is 0 Å². The number of hydrogen-bond acceptors (Lipinski definition) is 4. The Balaban J connectivity index is 1.58. The topological polar surface area (TPSA) is 38.7 Å². The lowest BCUT2D eigenvalue weighted by Gasteiger charge is -2.36. The summed E-state index contributed by atoms with van der Waals surface area (Å²) in [5, 5.41) is 13.4. The Kier molecular flexibility index (Phi) is 5.23. The standard InChI is InChI=1S/C15H31N3O/c1-15(2,3)16-10-14(19)12-18-8-6-17(7-9-18)11-13-4-5-13/h13-14,16,19H,4-12H2,1-3H3. The normalized spacial score (nSPS) is 24.6. The van der Waals surface area contributed by atoms with Gasteiger partial charge in [-0.2, -0.15) is 0 Å². The zero-order chi connectivity index (χ0) is 13.9. The van der Waals surface area contributed by atoms with Crippen LogP contribution in [0.15, 0.2) is 0 Å². The van der Waals surface area contributed by atoms with Gasteiger partial charge in [0, 0.05) is 51.4 Å². The van der Waals surface area contributed by atoms with E-state index in [2.05, 4.69) is 35.9 Å². The fourth-order valence-electron chi connectivity index (χ4n) is 2.61. The van der Waals surface area contributed by atoms with E-state index in [4.69, 9.17) is 0 Å². The lowest BCUT2D eigenvalue weighted by molar-refractivity contribution is 0.0680. The van der Waals surface area contributed by atoms with Crippen molar-refractivity contribution in [2.45, 2.75) is 45.3 Å². The highest BCUT2D eigenvalue weighted by Crippen LogP contribution is 2.29. The van der Waals surface area contributed by atoms with Crippen molar-refractivity contribution in [3.63, 3.8) is 0 Å². The molecule has 19 heavy (non-hydrogen) atoms. The Bertz CT molecular complexity index is 265. The molecule has 0 radical (unpaired) electrons. The number of nitrogens with zero attached hydrogens (tertiary/aromatic N) is 2. The summed E-state index contributed by atoms with van der Waals surface area (Å²) in [7, 11) is 0. The second kappa shape index (κ2) is 6.53. The highest BCUT2D eigenvalue weighted by atomic mass is 16.3. The van der Waals surface area contributed by atoms with E-state index >= 15 is 0 Å². The van der Waals surface area contributed by atoms with Crippen LogP contribution in [-0.4, -0.2) is 72.4 Å². The summed E-state index contributed by atoms with van der Waals surface area (Å²) >= 11 is 0. The van der Waals surface area contributed by atoms with E-state index in [1.165, 1.54) is 32.5 Å². The predicted molar refractivity (Wildman–Crippen MR) is 79.4 cm³/mol. The van der Waals surface area contributed by atoms with Crippen LogP contribution in [0.25, 0.3) is 0 Å². The molecule has 2 N–H and O–H groups in total. The van der Waals surface area contributed by atoms with Crippen molar-refractivity contribution >= 4 is 0 Å². The van der Waals surface area contributed by atoms with Crippen LogP contribution in [-0.2, 0) is 0 Å². The van der Waals surface area contributed by atoms with E-state index < -0.39 is 0 Å². The first-order chi connectivity index (χ1) is 8.92. The van der Waals surface area contributed by atoms with Gasteiger partial charge in [-0.25, -0.2) is 0 Å². The molecule has 2 rings (SSSR count). The summed E-state index contributed by atoms with van der Waals surface area (Å²) in [6, 6.07) is 0. The first-order valence-electron chi connectivity index (χ1n) is 7.80. The molecular formula is C15H31N3O. The third-order valence-electron chi connectivity index (χ3n) is 4.02. The molecule has 4 heteroatoms. The van der Waals surface area contributed by atoms with Crippen LogP contribution in [0.2, 0.25) is 0 Å². The minimum absolute atomic E-state index is 0.0872. The molecule has 1 aliphatic heterocycles. The number of aliphatic hydroxyl groups excluding tert-OH is 1. The molecule has 112 valence electrons. The molecule has 1 atom stereocenters. The van der Waals surface area contributed by atoms with Gasteiger partial charge in [0.1, 0.15) is 0 Å². The minimum Gasteiger partial charge on any atom is -0.390 e. The summed E-state index contributed by atoms with van der Waals surface area (Å²) in [6.07, 6.45) is 2.63. The van der Waals surface area contributed by atoms with Gasteiger partial charge in [0.15, 0.2) is 0 Å². The Hall–Kier alpha value is -0.160. The lowest BCUT2D eigenvalue weighted by Crippen LogP contribution is -2.51. The van der Waals surface area contributed by atoms with Gasteiger partial charge in [0.2, 0.25) is 0 Å². The number of nitrogens with one attached hydrogen (secondary N) is 1. The van der Waals surface area contributed by atoms with E-state index in [0.717, 1.165) is 25.6 Å². The third-order valence-corrected chi connectivity index (χ3v) is 4.02. The summed E-state index contributed by atoms with van der Waals surface area (Å²) in [6.45, 7) is 13.8.